The molecule has 1 heterocycles. The van der Waals surface area contributed by atoms with Gasteiger partial charge in [0, 0.05) is 7.05 Å². The van der Waals surface area contributed by atoms with Crippen LogP contribution in [0.5, 0.6) is 5.75 Å². The smallest absolute Gasteiger partial charge is 0.234 e. The van der Waals surface area contributed by atoms with Crippen molar-refractivity contribution in [3.63, 3.8) is 0 Å². The first-order valence-electron chi connectivity index (χ1n) is 8.80. The number of benzene rings is 2. The normalized spacial score (nSPS) is 10.8. The number of aromatic nitrogens is 3. The minimum Gasteiger partial charge on any atom is -0.485 e. The van der Waals surface area contributed by atoms with Gasteiger partial charge < -0.3 is 14.6 Å². The average Bonchev–Trinajstić information content (AvgIpc) is 3.04. The zero-order valence-corrected chi connectivity index (χ0v) is 18.5. The maximum Gasteiger partial charge on any atom is 0.234 e. The van der Waals surface area contributed by atoms with Gasteiger partial charge >= 0.3 is 0 Å². The monoisotopic (exact) mass is 450 g/mol. The summed E-state index contributed by atoms with van der Waals surface area (Å²) in [5.74, 6) is 1.44. The molecule has 1 amide bonds. The lowest BCUT2D eigenvalue weighted by Gasteiger charge is -2.10. The van der Waals surface area contributed by atoms with Gasteiger partial charge in [-0.15, -0.1) is 10.2 Å². The summed E-state index contributed by atoms with van der Waals surface area (Å²) in [6, 6.07) is 11.1. The average molecular weight is 451 g/mol. The fraction of sp³-hybridized carbons (Fsp3) is 0.250. The highest BCUT2D eigenvalue weighted by molar-refractivity contribution is 7.99. The fourth-order valence-corrected chi connectivity index (χ4v) is 3.60. The highest BCUT2D eigenvalue weighted by Crippen LogP contribution is 2.29. The summed E-state index contributed by atoms with van der Waals surface area (Å²) < 4.78 is 7.70. The third-order valence-corrected chi connectivity index (χ3v) is 6.02. The molecule has 1 N–H and O–H groups in total. The summed E-state index contributed by atoms with van der Waals surface area (Å²) in [5, 5.41) is 12.4. The maximum absolute atomic E-state index is 12.2. The van der Waals surface area contributed by atoms with E-state index in [0.717, 1.165) is 16.9 Å². The molecular weight excluding hydrogens is 431 g/mol. The Balaban J connectivity index is 1.57. The minimum atomic E-state index is -0.213. The number of hydrogen-bond acceptors (Lipinski definition) is 5. The second-order valence-electron chi connectivity index (χ2n) is 6.45. The lowest BCUT2D eigenvalue weighted by molar-refractivity contribution is -0.113. The number of nitrogens with zero attached hydrogens (tertiary/aromatic N) is 3. The lowest BCUT2D eigenvalue weighted by Crippen LogP contribution is -2.15. The summed E-state index contributed by atoms with van der Waals surface area (Å²) in [6.45, 7) is 4.31. The van der Waals surface area contributed by atoms with Crippen molar-refractivity contribution in [2.75, 3.05) is 11.1 Å². The molecule has 0 aliphatic heterocycles. The second-order valence-corrected chi connectivity index (χ2v) is 8.18. The van der Waals surface area contributed by atoms with Crippen LogP contribution in [0.4, 0.5) is 5.69 Å². The Labute approximate surface area is 183 Å². The number of carbonyl (C=O) groups is 1. The van der Waals surface area contributed by atoms with Crippen LogP contribution in [0, 0.1) is 13.8 Å². The van der Waals surface area contributed by atoms with Crippen molar-refractivity contribution in [2.24, 2.45) is 7.05 Å². The van der Waals surface area contributed by atoms with Crippen LogP contribution in [0.3, 0.4) is 0 Å². The van der Waals surface area contributed by atoms with Gasteiger partial charge in [-0.1, -0.05) is 53.2 Å². The number of thioether (sulfide) groups is 1. The molecule has 6 nitrogen and oxygen atoms in total. The van der Waals surface area contributed by atoms with Crippen LogP contribution in [-0.2, 0) is 18.4 Å². The van der Waals surface area contributed by atoms with Crippen molar-refractivity contribution in [2.45, 2.75) is 25.6 Å². The number of halogens is 2. The van der Waals surface area contributed by atoms with Crippen molar-refractivity contribution in [1.29, 1.82) is 0 Å². The second kappa shape index (κ2) is 9.52. The molecule has 0 fully saturated rings. The number of anilines is 1. The first-order chi connectivity index (χ1) is 13.8. The highest BCUT2D eigenvalue weighted by atomic mass is 35.5. The Morgan fingerprint density at radius 3 is 2.79 bits per heavy atom. The maximum atomic E-state index is 12.2. The molecule has 9 heteroatoms. The number of hydrogen-bond donors (Lipinski definition) is 1. The van der Waals surface area contributed by atoms with Crippen LogP contribution in [-0.4, -0.2) is 26.4 Å². The molecular formula is C20H20Cl2N4O2S. The van der Waals surface area contributed by atoms with E-state index in [9.17, 15) is 4.79 Å². The SMILES string of the molecule is Cc1ccc(C)c(OCc2nnc(SCC(=O)Nc3cccc(Cl)c3Cl)n2C)c1. The van der Waals surface area contributed by atoms with E-state index in [2.05, 4.69) is 15.5 Å². The van der Waals surface area contributed by atoms with Crippen molar-refractivity contribution < 1.29 is 9.53 Å². The van der Waals surface area contributed by atoms with Crippen LogP contribution in [0.15, 0.2) is 41.6 Å². The van der Waals surface area contributed by atoms with Gasteiger partial charge in [0.25, 0.3) is 0 Å². The van der Waals surface area contributed by atoms with E-state index in [0.29, 0.717) is 33.3 Å². The van der Waals surface area contributed by atoms with E-state index in [-0.39, 0.29) is 11.7 Å². The van der Waals surface area contributed by atoms with Gasteiger partial charge in [-0.05, 0) is 43.2 Å². The molecule has 29 heavy (non-hydrogen) atoms. The van der Waals surface area contributed by atoms with Crippen LogP contribution < -0.4 is 10.1 Å². The van der Waals surface area contributed by atoms with E-state index in [1.807, 2.05) is 43.7 Å². The van der Waals surface area contributed by atoms with Gasteiger partial charge in [-0.25, -0.2) is 0 Å². The first-order valence-corrected chi connectivity index (χ1v) is 10.5. The quantitative estimate of drug-likeness (QED) is 0.510. The molecule has 3 aromatic rings. The van der Waals surface area contributed by atoms with Crippen molar-refractivity contribution in [3.05, 3.63) is 63.4 Å². The molecule has 0 bridgehead atoms. The predicted molar refractivity (Wildman–Crippen MR) is 117 cm³/mol. The Morgan fingerprint density at radius 2 is 2.00 bits per heavy atom. The van der Waals surface area contributed by atoms with Crippen molar-refractivity contribution in [3.8, 4) is 5.75 Å². The summed E-state index contributed by atoms with van der Waals surface area (Å²) in [6.07, 6.45) is 0. The van der Waals surface area contributed by atoms with Gasteiger partial charge in [0.2, 0.25) is 5.91 Å². The molecule has 0 saturated heterocycles. The molecule has 152 valence electrons. The Kier molecular flexibility index (Phi) is 7.05. The molecule has 0 aliphatic rings. The first kappa shape index (κ1) is 21.5. The van der Waals surface area contributed by atoms with E-state index < -0.39 is 0 Å². The lowest BCUT2D eigenvalue weighted by atomic mass is 10.1. The largest absolute Gasteiger partial charge is 0.485 e. The minimum absolute atomic E-state index is 0.159. The van der Waals surface area contributed by atoms with E-state index >= 15 is 0 Å². The molecule has 2 aromatic carbocycles. The number of aryl methyl sites for hydroxylation is 2. The topological polar surface area (TPSA) is 69.0 Å². The number of ether oxygens (including phenoxy) is 1. The van der Waals surface area contributed by atoms with E-state index in [1.165, 1.54) is 11.8 Å². The summed E-state index contributed by atoms with van der Waals surface area (Å²) in [7, 11) is 1.84. The van der Waals surface area contributed by atoms with E-state index in [1.54, 1.807) is 18.2 Å². The summed E-state index contributed by atoms with van der Waals surface area (Å²) in [4.78, 5) is 12.2. The summed E-state index contributed by atoms with van der Waals surface area (Å²) >= 11 is 13.3. The van der Waals surface area contributed by atoms with Gasteiger partial charge in [0.1, 0.15) is 12.4 Å². The van der Waals surface area contributed by atoms with Crippen molar-refractivity contribution >= 4 is 46.6 Å². The van der Waals surface area contributed by atoms with Crippen LogP contribution in [0.25, 0.3) is 0 Å². The molecule has 0 spiro atoms. The highest BCUT2D eigenvalue weighted by Gasteiger charge is 2.14. The third-order valence-electron chi connectivity index (χ3n) is 4.18. The van der Waals surface area contributed by atoms with Gasteiger partial charge in [-0.2, -0.15) is 0 Å². The van der Waals surface area contributed by atoms with E-state index in [4.69, 9.17) is 27.9 Å². The molecule has 0 saturated carbocycles. The zero-order chi connectivity index (χ0) is 21.0. The Morgan fingerprint density at radius 1 is 1.21 bits per heavy atom. The zero-order valence-electron chi connectivity index (χ0n) is 16.2. The molecule has 1 aromatic heterocycles. The predicted octanol–water partition coefficient (Wildman–Crippen LogP) is 5.05. The molecule has 0 unspecified atom stereocenters. The number of rotatable bonds is 7. The molecule has 0 atom stereocenters. The molecule has 0 aliphatic carbocycles. The number of carbonyl (C=O) groups excluding carboxylic acids is 1. The van der Waals surface area contributed by atoms with Gasteiger partial charge in [0.05, 0.1) is 21.5 Å². The Bertz CT molecular complexity index is 1040. The molecule has 0 radical (unpaired) electrons. The van der Waals surface area contributed by atoms with Gasteiger partial charge in [-0.3, -0.25) is 4.79 Å². The van der Waals surface area contributed by atoms with Crippen molar-refractivity contribution in [1.82, 2.24) is 14.8 Å². The Hall–Kier alpha value is -2.22. The number of nitrogens with one attached hydrogen (secondary N) is 1. The summed E-state index contributed by atoms with van der Waals surface area (Å²) in [5.41, 5.74) is 2.67. The third kappa shape index (κ3) is 5.44. The fourth-order valence-electron chi connectivity index (χ4n) is 2.52. The standard InChI is InChI=1S/C20H20Cl2N4O2S/c1-12-7-8-13(2)16(9-12)28-10-17-24-25-20(26(17)3)29-11-18(27)23-15-6-4-5-14(21)19(15)22/h4-9H,10-11H2,1-3H3,(H,23,27). The van der Waals surface area contributed by atoms with Crippen LogP contribution in [0.1, 0.15) is 17.0 Å². The van der Waals surface area contributed by atoms with Crippen LogP contribution >= 0.6 is 35.0 Å². The van der Waals surface area contributed by atoms with Crippen LogP contribution in [0.2, 0.25) is 10.0 Å². The number of amides is 1. The van der Waals surface area contributed by atoms with Gasteiger partial charge in [0.15, 0.2) is 11.0 Å². The molecule has 3 rings (SSSR count).